The van der Waals surface area contributed by atoms with E-state index in [4.69, 9.17) is 16.3 Å². The highest BCUT2D eigenvalue weighted by Crippen LogP contribution is 2.31. The molecule has 1 amide bonds. The second-order valence-electron chi connectivity index (χ2n) is 6.68. The van der Waals surface area contributed by atoms with Gasteiger partial charge in [-0.2, -0.15) is 13.2 Å². The second-order valence-corrected chi connectivity index (χ2v) is 6.95. The molecule has 0 unspecified atom stereocenters. The summed E-state index contributed by atoms with van der Waals surface area (Å²) >= 11 is 5.51. The van der Waals surface area contributed by atoms with Crippen LogP contribution < -0.4 is 10.1 Å². The van der Waals surface area contributed by atoms with Crippen LogP contribution in [0.3, 0.4) is 0 Å². The van der Waals surface area contributed by atoms with Crippen molar-refractivity contribution in [3.8, 4) is 11.6 Å². The van der Waals surface area contributed by atoms with Gasteiger partial charge < -0.3 is 14.7 Å². The number of carbonyl (C=O) groups is 1. The summed E-state index contributed by atoms with van der Waals surface area (Å²) < 4.78 is 58.4. The minimum Gasteiger partial charge on any atom is -0.439 e. The number of ether oxygens (including phenoxy) is 1. The lowest BCUT2D eigenvalue weighted by Crippen LogP contribution is -2.29. The zero-order valence-electron chi connectivity index (χ0n) is 15.5. The molecule has 2 aromatic rings. The van der Waals surface area contributed by atoms with Gasteiger partial charge in [0.05, 0.1) is 12.5 Å². The van der Waals surface area contributed by atoms with Crippen LogP contribution in [-0.4, -0.2) is 52.3 Å². The van der Waals surface area contributed by atoms with Crippen molar-refractivity contribution in [2.24, 2.45) is 0 Å². The first-order chi connectivity index (χ1) is 14.2. The van der Waals surface area contributed by atoms with Crippen molar-refractivity contribution in [1.29, 1.82) is 0 Å². The number of pyridine rings is 1. The number of rotatable bonds is 6. The number of alkyl halides is 5. The van der Waals surface area contributed by atoms with Crippen molar-refractivity contribution in [2.45, 2.75) is 25.0 Å². The first-order valence-corrected chi connectivity index (χ1v) is 9.45. The normalized spacial score (nSPS) is 19.2. The SMILES string of the molecule is O=C(c1cccc(Oc2cc(CNCCl)cc(C(F)(F)F)n2)c1)N1C[C@H](O)[C@@H](F)C1. The quantitative estimate of drug-likeness (QED) is 0.403. The molecule has 0 aliphatic carbocycles. The maximum absolute atomic E-state index is 13.5. The van der Waals surface area contributed by atoms with Gasteiger partial charge in [0, 0.05) is 24.7 Å². The molecule has 1 fully saturated rings. The molecule has 2 atom stereocenters. The number of hydrogen-bond acceptors (Lipinski definition) is 5. The topological polar surface area (TPSA) is 74.7 Å². The molecule has 0 saturated carbocycles. The van der Waals surface area contributed by atoms with Crippen LogP contribution in [-0.2, 0) is 12.7 Å². The maximum atomic E-state index is 13.5. The molecule has 1 aromatic heterocycles. The van der Waals surface area contributed by atoms with Crippen LogP contribution in [0.1, 0.15) is 21.6 Å². The van der Waals surface area contributed by atoms with Crippen LogP contribution >= 0.6 is 11.6 Å². The number of nitrogens with zero attached hydrogens (tertiary/aromatic N) is 2. The van der Waals surface area contributed by atoms with Crippen LogP contribution in [0.15, 0.2) is 36.4 Å². The number of aliphatic hydroxyl groups is 1. The lowest BCUT2D eigenvalue weighted by molar-refractivity contribution is -0.141. The van der Waals surface area contributed by atoms with E-state index in [0.29, 0.717) is 0 Å². The van der Waals surface area contributed by atoms with Crippen molar-refractivity contribution in [1.82, 2.24) is 15.2 Å². The predicted octanol–water partition coefficient (Wildman–Crippen LogP) is 3.33. The first kappa shape index (κ1) is 22.3. The predicted molar refractivity (Wildman–Crippen MR) is 100 cm³/mol. The molecule has 6 nitrogen and oxygen atoms in total. The summed E-state index contributed by atoms with van der Waals surface area (Å²) in [7, 11) is 0. The Kier molecular flexibility index (Phi) is 6.79. The first-order valence-electron chi connectivity index (χ1n) is 8.91. The molecule has 0 spiro atoms. The van der Waals surface area contributed by atoms with Gasteiger partial charge in [0.25, 0.3) is 5.91 Å². The summed E-state index contributed by atoms with van der Waals surface area (Å²) in [5.74, 6) is -0.745. The van der Waals surface area contributed by atoms with Gasteiger partial charge in [-0.3, -0.25) is 10.1 Å². The molecular weight excluding hydrogens is 430 g/mol. The van der Waals surface area contributed by atoms with E-state index in [2.05, 4.69) is 10.3 Å². The van der Waals surface area contributed by atoms with Crippen LogP contribution in [0.5, 0.6) is 11.6 Å². The Morgan fingerprint density at radius 3 is 2.70 bits per heavy atom. The lowest BCUT2D eigenvalue weighted by atomic mass is 10.2. The van der Waals surface area contributed by atoms with Crippen molar-refractivity contribution < 1.29 is 32.2 Å². The largest absolute Gasteiger partial charge is 0.439 e. The molecule has 1 saturated heterocycles. The average molecular weight is 448 g/mol. The molecule has 2 N–H and O–H groups in total. The molecule has 11 heteroatoms. The smallest absolute Gasteiger partial charge is 0.433 e. The van der Waals surface area contributed by atoms with E-state index in [0.717, 1.165) is 11.0 Å². The number of carbonyl (C=O) groups excluding carboxylic acids is 1. The standard InChI is InChI=1S/C19H18ClF4N3O3/c20-10-25-7-11-4-16(19(22,23)24)26-17(5-11)30-13-3-1-2-12(6-13)18(29)27-8-14(21)15(28)9-27/h1-6,14-15,25,28H,7-10H2/t14-,15-/m0/s1. The summed E-state index contributed by atoms with van der Waals surface area (Å²) in [6.07, 6.45) is -7.45. The molecule has 1 aliphatic rings. The fraction of sp³-hybridized carbons (Fsp3) is 0.368. The van der Waals surface area contributed by atoms with Gasteiger partial charge in [-0.15, -0.1) is 11.6 Å². The Morgan fingerprint density at radius 2 is 2.07 bits per heavy atom. The molecule has 30 heavy (non-hydrogen) atoms. The lowest BCUT2D eigenvalue weighted by Gasteiger charge is -2.16. The highest BCUT2D eigenvalue weighted by molar-refractivity contribution is 6.17. The highest BCUT2D eigenvalue weighted by Gasteiger charge is 2.35. The molecule has 1 aromatic carbocycles. The Labute approximate surface area is 174 Å². The van der Waals surface area contributed by atoms with Gasteiger partial charge in [0.15, 0.2) is 0 Å². The van der Waals surface area contributed by atoms with E-state index >= 15 is 0 Å². The Bertz CT molecular complexity index is 903. The van der Waals surface area contributed by atoms with Crippen LogP contribution in [0.25, 0.3) is 0 Å². The van der Waals surface area contributed by atoms with Gasteiger partial charge in [0.2, 0.25) is 5.88 Å². The summed E-state index contributed by atoms with van der Waals surface area (Å²) in [6.45, 7) is -0.305. The molecule has 1 aliphatic heterocycles. The molecule has 2 heterocycles. The van der Waals surface area contributed by atoms with Gasteiger partial charge in [-0.1, -0.05) is 6.07 Å². The van der Waals surface area contributed by atoms with Crippen LogP contribution in [0, 0.1) is 0 Å². The Morgan fingerprint density at radius 1 is 1.30 bits per heavy atom. The number of likely N-dealkylation sites (tertiary alicyclic amines) is 1. The van der Waals surface area contributed by atoms with Gasteiger partial charge >= 0.3 is 6.18 Å². The maximum Gasteiger partial charge on any atom is 0.433 e. The summed E-state index contributed by atoms with van der Waals surface area (Å²) in [6, 6.07) is 7.97. The van der Waals surface area contributed by atoms with Crippen molar-refractivity contribution in [2.75, 3.05) is 19.1 Å². The van der Waals surface area contributed by atoms with Gasteiger partial charge in [0.1, 0.15) is 23.7 Å². The molecule has 0 bridgehead atoms. The number of amides is 1. The second kappa shape index (κ2) is 9.15. The fourth-order valence-corrected chi connectivity index (χ4v) is 3.05. The van der Waals surface area contributed by atoms with E-state index in [1.54, 1.807) is 0 Å². The number of benzene rings is 1. The number of nitrogens with one attached hydrogen (secondary N) is 1. The summed E-state index contributed by atoms with van der Waals surface area (Å²) in [5.41, 5.74) is -0.719. The Hall–Kier alpha value is -2.43. The van der Waals surface area contributed by atoms with Gasteiger partial charge in [-0.05, 0) is 29.8 Å². The minimum absolute atomic E-state index is 0.0506. The molecule has 0 radical (unpaired) electrons. The molecule has 162 valence electrons. The minimum atomic E-state index is -4.67. The third kappa shape index (κ3) is 5.38. The number of halogens is 5. The van der Waals surface area contributed by atoms with E-state index in [1.807, 2.05) is 0 Å². The third-order valence-corrected chi connectivity index (χ3v) is 4.58. The van der Waals surface area contributed by atoms with Crippen molar-refractivity contribution in [3.05, 3.63) is 53.2 Å². The molecule has 3 rings (SSSR count). The van der Waals surface area contributed by atoms with E-state index in [1.165, 1.54) is 30.3 Å². The van der Waals surface area contributed by atoms with E-state index < -0.39 is 30.1 Å². The summed E-state index contributed by atoms with van der Waals surface area (Å²) in [5, 5.41) is 12.2. The highest BCUT2D eigenvalue weighted by atomic mass is 35.5. The average Bonchev–Trinajstić information content (AvgIpc) is 3.03. The zero-order chi connectivity index (χ0) is 21.9. The third-order valence-electron chi connectivity index (χ3n) is 4.39. The molecular formula is C19H18ClF4N3O3. The van der Waals surface area contributed by atoms with Crippen molar-refractivity contribution in [3.63, 3.8) is 0 Å². The number of β-amino-alcohol motifs (C(OH)–C–C–N with tert-alkyl or cyclic N) is 1. The van der Waals surface area contributed by atoms with Gasteiger partial charge in [-0.25, -0.2) is 9.37 Å². The number of aliphatic hydroxyl groups excluding tert-OH is 1. The van der Waals surface area contributed by atoms with Crippen LogP contribution in [0.2, 0.25) is 0 Å². The van der Waals surface area contributed by atoms with E-state index in [9.17, 15) is 27.5 Å². The monoisotopic (exact) mass is 447 g/mol. The summed E-state index contributed by atoms with van der Waals surface area (Å²) in [4.78, 5) is 17.2. The zero-order valence-corrected chi connectivity index (χ0v) is 16.3. The number of hydrogen-bond donors (Lipinski definition) is 2. The van der Waals surface area contributed by atoms with E-state index in [-0.39, 0.29) is 48.4 Å². The fourth-order valence-electron chi connectivity index (χ4n) is 2.96. The Balaban J connectivity index is 1.82. The van der Waals surface area contributed by atoms with Crippen molar-refractivity contribution >= 4 is 17.5 Å². The number of aromatic nitrogens is 1. The van der Waals surface area contributed by atoms with Crippen LogP contribution in [0.4, 0.5) is 17.6 Å².